The van der Waals surface area contributed by atoms with E-state index in [9.17, 15) is 4.79 Å². The number of nitrogens with zero attached hydrogens (tertiary/aromatic N) is 1. The lowest BCUT2D eigenvalue weighted by atomic mass is 9.91. The molecular formula is C19H27N3O. The number of nitriles is 1. The highest BCUT2D eigenvalue weighted by molar-refractivity contribution is 5.84. The third-order valence-corrected chi connectivity index (χ3v) is 4.82. The zero-order valence-corrected chi connectivity index (χ0v) is 14.4. The van der Waals surface area contributed by atoms with Gasteiger partial charge in [-0.05, 0) is 39.2 Å². The summed E-state index contributed by atoms with van der Waals surface area (Å²) in [7, 11) is 0. The first kappa shape index (κ1) is 17.5. The molecule has 0 radical (unpaired) electrons. The molecule has 0 saturated heterocycles. The second-order valence-corrected chi connectivity index (χ2v) is 7.18. The van der Waals surface area contributed by atoms with E-state index >= 15 is 0 Å². The molecule has 23 heavy (non-hydrogen) atoms. The van der Waals surface area contributed by atoms with Crippen LogP contribution < -0.4 is 10.6 Å². The van der Waals surface area contributed by atoms with Gasteiger partial charge in [-0.25, -0.2) is 0 Å². The molecule has 0 spiro atoms. The van der Waals surface area contributed by atoms with Gasteiger partial charge in [-0.1, -0.05) is 43.2 Å². The molecule has 1 fully saturated rings. The van der Waals surface area contributed by atoms with Crippen LogP contribution in [-0.4, -0.2) is 18.0 Å². The van der Waals surface area contributed by atoms with Crippen molar-refractivity contribution in [2.45, 2.75) is 58.0 Å². The number of nitrogens with one attached hydrogen (secondary N) is 2. The van der Waals surface area contributed by atoms with Crippen LogP contribution in [0, 0.1) is 16.7 Å². The van der Waals surface area contributed by atoms with Crippen LogP contribution in [-0.2, 0) is 4.79 Å². The highest BCUT2D eigenvalue weighted by Gasteiger charge is 2.37. The predicted octanol–water partition coefficient (Wildman–Crippen LogP) is 3.32. The van der Waals surface area contributed by atoms with Crippen LogP contribution >= 0.6 is 0 Å². The van der Waals surface area contributed by atoms with Crippen molar-refractivity contribution in [3.05, 3.63) is 35.9 Å². The molecule has 0 heterocycles. The summed E-state index contributed by atoms with van der Waals surface area (Å²) in [5.41, 5.74) is 0.198. The second kappa shape index (κ2) is 7.14. The van der Waals surface area contributed by atoms with E-state index in [4.69, 9.17) is 5.26 Å². The molecule has 1 saturated carbocycles. The highest BCUT2D eigenvalue weighted by Crippen LogP contribution is 2.32. The van der Waals surface area contributed by atoms with Gasteiger partial charge in [-0.2, -0.15) is 5.26 Å². The maximum Gasteiger partial charge on any atom is 0.239 e. The molecule has 2 rings (SSSR count). The van der Waals surface area contributed by atoms with Crippen molar-refractivity contribution in [1.82, 2.24) is 10.6 Å². The van der Waals surface area contributed by atoms with E-state index < -0.39 is 5.41 Å². The molecule has 1 aliphatic rings. The minimum absolute atomic E-state index is 0.0730. The average Bonchev–Trinajstić information content (AvgIpc) is 3.02. The molecule has 4 heteroatoms. The summed E-state index contributed by atoms with van der Waals surface area (Å²) in [6.45, 7) is 6.05. The SMILES string of the molecule is C[C@H](NC1(CNC(=O)C(C)(C)C#N)CCCC1)c1ccccc1. The summed E-state index contributed by atoms with van der Waals surface area (Å²) in [6, 6.07) is 12.7. The second-order valence-electron chi connectivity index (χ2n) is 7.18. The molecular weight excluding hydrogens is 286 g/mol. The van der Waals surface area contributed by atoms with Gasteiger partial charge in [0.05, 0.1) is 6.07 Å². The largest absolute Gasteiger partial charge is 0.353 e. The van der Waals surface area contributed by atoms with Gasteiger partial charge >= 0.3 is 0 Å². The lowest BCUT2D eigenvalue weighted by Crippen LogP contribution is -2.53. The predicted molar refractivity (Wildman–Crippen MR) is 91.6 cm³/mol. The number of carbonyl (C=O) groups is 1. The Labute approximate surface area is 139 Å². The molecule has 0 aliphatic heterocycles. The third-order valence-electron chi connectivity index (χ3n) is 4.82. The van der Waals surface area contributed by atoms with Crippen LogP contribution in [0.2, 0.25) is 0 Å². The first-order valence-corrected chi connectivity index (χ1v) is 8.41. The maximum absolute atomic E-state index is 12.2. The lowest BCUT2D eigenvalue weighted by Gasteiger charge is -2.35. The van der Waals surface area contributed by atoms with Gasteiger partial charge < -0.3 is 10.6 Å². The van der Waals surface area contributed by atoms with Crippen molar-refractivity contribution < 1.29 is 4.79 Å². The summed E-state index contributed by atoms with van der Waals surface area (Å²) in [6.07, 6.45) is 4.45. The summed E-state index contributed by atoms with van der Waals surface area (Å²) >= 11 is 0. The number of benzene rings is 1. The number of hydrogen-bond donors (Lipinski definition) is 2. The Bertz CT molecular complexity index is 568. The van der Waals surface area contributed by atoms with Gasteiger partial charge in [0.25, 0.3) is 0 Å². The average molecular weight is 313 g/mol. The Hall–Kier alpha value is -1.86. The minimum atomic E-state index is -0.981. The van der Waals surface area contributed by atoms with Crippen LogP contribution in [0.3, 0.4) is 0 Å². The van der Waals surface area contributed by atoms with E-state index in [0.29, 0.717) is 6.54 Å². The number of carbonyl (C=O) groups excluding carboxylic acids is 1. The van der Waals surface area contributed by atoms with E-state index in [-0.39, 0.29) is 17.5 Å². The van der Waals surface area contributed by atoms with Crippen LogP contribution in [0.15, 0.2) is 30.3 Å². The van der Waals surface area contributed by atoms with Crippen LogP contribution in [0.5, 0.6) is 0 Å². The summed E-state index contributed by atoms with van der Waals surface area (Å²) < 4.78 is 0. The topological polar surface area (TPSA) is 64.9 Å². The van der Waals surface area contributed by atoms with Crippen molar-refractivity contribution in [2.24, 2.45) is 5.41 Å². The Morgan fingerprint density at radius 2 is 1.91 bits per heavy atom. The number of rotatable bonds is 6. The molecule has 0 bridgehead atoms. The molecule has 1 amide bonds. The van der Waals surface area contributed by atoms with Gasteiger partial charge in [0, 0.05) is 18.1 Å². The van der Waals surface area contributed by atoms with Gasteiger partial charge in [0.15, 0.2) is 0 Å². The smallest absolute Gasteiger partial charge is 0.239 e. The van der Waals surface area contributed by atoms with Crippen molar-refractivity contribution in [1.29, 1.82) is 5.26 Å². The molecule has 4 nitrogen and oxygen atoms in total. The molecule has 1 aromatic rings. The first-order chi connectivity index (χ1) is 10.9. The van der Waals surface area contributed by atoms with Crippen molar-refractivity contribution in [3.8, 4) is 6.07 Å². The Morgan fingerprint density at radius 3 is 2.48 bits per heavy atom. The lowest BCUT2D eigenvalue weighted by molar-refractivity contribution is -0.127. The number of amides is 1. The Kier molecular flexibility index (Phi) is 5.43. The highest BCUT2D eigenvalue weighted by atomic mass is 16.2. The first-order valence-electron chi connectivity index (χ1n) is 8.41. The zero-order valence-electron chi connectivity index (χ0n) is 14.4. The molecule has 2 N–H and O–H groups in total. The van der Waals surface area contributed by atoms with E-state index in [1.807, 2.05) is 18.2 Å². The van der Waals surface area contributed by atoms with Crippen LogP contribution in [0.4, 0.5) is 0 Å². The van der Waals surface area contributed by atoms with Crippen LogP contribution in [0.25, 0.3) is 0 Å². The molecule has 0 unspecified atom stereocenters. The summed E-state index contributed by atoms with van der Waals surface area (Å²) in [5, 5.41) is 15.8. The van der Waals surface area contributed by atoms with E-state index in [1.165, 1.54) is 18.4 Å². The van der Waals surface area contributed by atoms with Crippen molar-refractivity contribution in [2.75, 3.05) is 6.54 Å². The fourth-order valence-electron chi connectivity index (χ4n) is 3.23. The maximum atomic E-state index is 12.2. The monoisotopic (exact) mass is 313 g/mol. The van der Waals surface area contributed by atoms with Crippen molar-refractivity contribution in [3.63, 3.8) is 0 Å². The quantitative estimate of drug-likeness (QED) is 0.847. The zero-order chi connectivity index (χ0) is 16.9. The van der Waals surface area contributed by atoms with Crippen molar-refractivity contribution >= 4 is 5.91 Å². The normalized spacial score (nSPS) is 18.2. The summed E-state index contributed by atoms with van der Waals surface area (Å²) in [4.78, 5) is 12.2. The minimum Gasteiger partial charge on any atom is -0.353 e. The molecule has 124 valence electrons. The third kappa shape index (κ3) is 4.33. The molecule has 1 aliphatic carbocycles. The van der Waals surface area contributed by atoms with Gasteiger partial charge in [-0.15, -0.1) is 0 Å². The standard InChI is InChI=1S/C19H27N3O/c1-15(16-9-5-4-6-10-16)22-19(11-7-8-12-19)14-21-17(23)18(2,3)13-20/h4-6,9-10,15,22H,7-8,11-12,14H2,1-3H3,(H,21,23)/t15-/m0/s1. The summed E-state index contributed by atoms with van der Waals surface area (Å²) in [5.74, 6) is -0.194. The van der Waals surface area contributed by atoms with E-state index in [2.05, 4.69) is 35.8 Å². The molecule has 1 atom stereocenters. The molecule has 1 aromatic carbocycles. The van der Waals surface area contributed by atoms with Gasteiger partial charge in [0.2, 0.25) is 5.91 Å². The van der Waals surface area contributed by atoms with Crippen LogP contribution in [0.1, 0.15) is 58.1 Å². The Balaban J connectivity index is 2.02. The number of hydrogen-bond acceptors (Lipinski definition) is 3. The van der Waals surface area contributed by atoms with Gasteiger partial charge in [0.1, 0.15) is 5.41 Å². The fraction of sp³-hybridized carbons (Fsp3) is 0.579. The van der Waals surface area contributed by atoms with Gasteiger partial charge in [-0.3, -0.25) is 4.79 Å². The fourth-order valence-corrected chi connectivity index (χ4v) is 3.23. The van der Waals surface area contributed by atoms with E-state index in [1.54, 1.807) is 13.8 Å². The Morgan fingerprint density at radius 1 is 1.30 bits per heavy atom. The van der Waals surface area contributed by atoms with E-state index in [0.717, 1.165) is 12.8 Å². The molecule has 0 aromatic heterocycles.